The molecule has 0 N–H and O–H groups in total. The van der Waals surface area contributed by atoms with Crippen LogP contribution in [-0.4, -0.2) is 11.9 Å². The van der Waals surface area contributed by atoms with Crippen LogP contribution in [-0.2, 0) is 32.3 Å². The Labute approximate surface area is 183 Å². The van der Waals surface area contributed by atoms with Gasteiger partial charge in [0.25, 0.3) is 0 Å². The molecule has 2 fully saturated rings. The first kappa shape index (κ1) is 20.0. The molecular formula is C27H28O4. The monoisotopic (exact) mass is 416 g/mol. The molecule has 0 aliphatic heterocycles. The molecule has 4 heteroatoms. The number of benzene rings is 2. The minimum atomic E-state index is -1.25. The summed E-state index contributed by atoms with van der Waals surface area (Å²) in [4.78, 5) is 26.9. The standard InChI is InChI=1S/C27H28O4/c1-25-12-13-26(18-25)19-27(15-22(26)14-25,23(28)30-16-20-8-4-2-5-9-20)24(29)31-17-21-10-6-3-7-11-21/h2-11,14H,12-13,15-19H2,1H3/t25-,26-/m0/s1. The molecule has 160 valence electrons. The Morgan fingerprint density at radius 3 is 1.84 bits per heavy atom. The molecule has 0 saturated heterocycles. The van der Waals surface area contributed by atoms with Crippen molar-refractivity contribution in [1.82, 2.24) is 0 Å². The van der Waals surface area contributed by atoms with E-state index in [-0.39, 0.29) is 24.0 Å². The maximum absolute atomic E-state index is 13.4. The van der Waals surface area contributed by atoms with Crippen molar-refractivity contribution < 1.29 is 19.1 Å². The molecule has 31 heavy (non-hydrogen) atoms. The fourth-order valence-corrected chi connectivity index (χ4v) is 6.01. The van der Waals surface area contributed by atoms with Crippen LogP contribution in [0.3, 0.4) is 0 Å². The van der Waals surface area contributed by atoms with Crippen LogP contribution < -0.4 is 0 Å². The van der Waals surface area contributed by atoms with Gasteiger partial charge in [0.05, 0.1) is 0 Å². The predicted octanol–water partition coefficient (Wildman–Crippen LogP) is 5.37. The van der Waals surface area contributed by atoms with Crippen LogP contribution >= 0.6 is 0 Å². The number of rotatable bonds is 6. The Bertz CT molecular complexity index is 970. The minimum Gasteiger partial charge on any atom is -0.460 e. The molecule has 5 rings (SSSR count). The van der Waals surface area contributed by atoms with Crippen molar-refractivity contribution in [3.05, 3.63) is 83.4 Å². The first-order valence-corrected chi connectivity index (χ1v) is 11.1. The van der Waals surface area contributed by atoms with Gasteiger partial charge in [-0.25, -0.2) is 0 Å². The van der Waals surface area contributed by atoms with E-state index in [2.05, 4.69) is 13.0 Å². The molecule has 2 atom stereocenters. The Kier molecular flexibility index (Phi) is 4.76. The molecule has 2 saturated carbocycles. The summed E-state index contributed by atoms with van der Waals surface area (Å²) in [6, 6.07) is 19.2. The molecule has 0 heterocycles. The van der Waals surface area contributed by atoms with Crippen molar-refractivity contribution >= 4 is 11.9 Å². The molecule has 1 spiro atoms. The van der Waals surface area contributed by atoms with E-state index < -0.39 is 17.4 Å². The second kappa shape index (κ2) is 7.37. The predicted molar refractivity (Wildman–Crippen MR) is 117 cm³/mol. The number of esters is 2. The number of carbonyl (C=O) groups excluding carboxylic acids is 2. The van der Waals surface area contributed by atoms with Crippen LogP contribution in [0.15, 0.2) is 72.3 Å². The molecule has 4 nitrogen and oxygen atoms in total. The highest BCUT2D eigenvalue weighted by atomic mass is 16.6. The van der Waals surface area contributed by atoms with Gasteiger partial charge in [-0.2, -0.15) is 0 Å². The quantitative estimate of drug-likeness (QED) is 0.361. The highest BCUT2D eigenvalue weighted by Gasteiger charge is 2.66. The number of carbonyl (C=O) groups is 2. The largest absolute Gasteiger partial charge is 0.460 e. The van der Waals surface area contributed by atoms with Crippen molar-refractivity contribution in [3.8, 4) is 0 Å². The third-order valence-corrected chi connectivity index (χ3v) is 7.46. The zero-order valence-corrected chi connectivity index (χ0v) is 17.9. The Balaban J connectivity index is 1.39. The van der Waals surface area contributed by atoms with Crippen LogP contribution in [0.5, 0.6) is 0 Å². The van der Waals surface area contributed by atoms with E-state index in [1.807, 2.05) is 60.7 Å². The average Bonchev–Trinajstić information content (AvgIpc) is 3.38. The number of fused-ring (bicyclic) bond motifs is 1. The van der Waals surface area contributed by atoms with Crippen molar-refractivity contribution in [2.75, 3.05) is 0 Å². The van der Waals surface area contributed by atoms with Crippen LogP contribution in [0, 0.1) is 16.2 Å². The van der Waals surface area contributed by atoms with Crippen molar-refractivity contribution in [2.24, 2.45) is 16.2 Å². The minimum absolute atomic E-state index is 0.0493. The molecule has 3 aliphatic carbocycles. The molecule has 3 aliphatic rings. The van der Waals surface area contributed by atoms with E-state index in [4.69, 9.17) is 9.47 Å². The van der Waals surface area contributed by atoms with Crippen LogP contribution in [0.2, 0.25) is 0 Å². The molecule has 2 bridgehead atoms. The number of ether oxygens (including phenoxy) is 2. The highest BCUT2D eigenvalue weighted by Crippen LogP contribution is 2.70. The van der Waals surface area contributed by atoms with Crippen molar-refractivity contribution in [3.63, 3.8) is 0 Å². The highest BCUT2D eigenvalue weighted by molar-refractivity contribution is 6.01. The molecule has 0 amide bonds. The first-order chi connectivity index (χ1) is 14.9. The maximum atomic E-state index is 13.4. The molecule has 0 radical (unpaired) electrons. The van der Waals surface area contributed by atoms with Gasteiger partial charge in [-0.15, -0.1) is 0 Å². The summed E-state index contributed by atoms with van der Waals surface area (Å²) in [7, 11) is 0. The zero-order valence-electron chi connectivity index (χ0n) is 17.9. The van der Waals surface area contributed by atoms with Gasteiger partial charge in [0.15, 0.2) is 5.41 Å². The van der Waals surface area contributed by atoms with Gasteiger partial charge in [0, 0.05) is 0 Å². The summed E-state index contributed by atoms with van der Waals surface area (Å²) < 4.78 is 11.4. The first-order valence-electron chi connectivity index (χ1n) is 11.1. The lowest BCUT2D eigenvalue weighted by atomic mass is 9.78. The fourth-order valence-electron chi connectivity index (χ4n) is 6.01. The summed E-state index contributed by atoms with van der Waals surface area (Å²) in [6.07, 6.45) is 6.43. The van der Waals surface area contributed by atoms with Gasteiger partial charge in [-0.3, -0.25) is 9.59 Å². The molecular weight excluding hydrogens is 388 g/mol. The molecule has 2 aromatic carbocycles. The van der Waals surface area contributed by atoms with E-state index in [9.17, 15) is 9.59 Å². The summed E-state index contributed by atoms with van der Waals surface area (Å²) in [5.41, 5.74) is 1.99. The second-order valence-corrected chi connectivity index (χ2v) is 9.84. The molecule has 2 aromatic rings. The van der Waals surface area contributed by atoms with E-state index in [1.54, 1.807) is 0 Å². The second-order valence-electron chi connectivity index (χ2n) is 9.84. The Morgan fingerprint density at radius 2 is 1.35 bits per heavy atom. The van der Waals surface area contributed by atoms with Crippen LogP contribution in [0.25, 0.3) is 0 Å². The zero-order chi connectivity index (χ0) is 21.5. The number of allylic oxidation sites excluding steroid dienone is 2. The SMILES string of the molecule is C[C@@]12C=C3CC(C(=O)OCc4ccccc4)(C(=O)OCc4ccccc4)C[C@]3(CC1)C2. The summed E-state index contributed by atoms with van der Waals surface area (Å²) in [5.74, 6) is -0.902. The Morgan fingerprint density at radius 1 is 0.806 bits per heavy atom. The topological polar surface area (TPSA) is 52.6 Å². The number of hydrogen-bond acceptors (Lipinski definition) is 4. The van der Waals surface area contributed by atoms with Gasteiger partial charge >= 0.3 is 11.9 Å². The average molecular weight is 417 g/mol. The van der Waals surface area contributed by atoms with Crippen LogP contribution in [0.1, 0.15) is 50.2 Å². The fraction of sp³-hybridized carbons (Fsp3) is 0.407. The number of hydrogen-bond donors (Lipinski definition) is 0. The van der Waals surface area contributed by atoms with Gasteiger partial charge in [-0.05, 0) is 54.1 Å². The van der Waals surface area contributed by atoms with Crippen molar-refractivity contribution in [2.45, 2.75) is 52.2 Å². The summed E-state index contributed by atoms with van der Waals surface area (Å²) in [6.45, 7) is 2.62. The lowest BCUT2D eigenvalue weighted by Gasteiger charge is -2.28. The third kappa shape index (κ3) is 3.48. The third-order valence-electron chi connectivity index (χ3n) is 7.46. The van der Waals surface area contributed by atoms with Gasteiger partial charge in [0.2, 0.25) is 0 Å². The lowest BCUT2D eigenvalue weighted by molar-refractivity contribution is -0.174. The van der Waals surface area contributed by atoms with Crippen molar-refractivity contribution in [1.29, 1.82) is 0 Å². The molecule has 0 unspecified atom stereocenters. The van der Waals surface area contributed by atoms with Gasteiger partial charge in [0.1, 0.15) is 13.2 Å². The van der Waals surface area contributed by atoms with E-state index in [1.165, 1.54) is 5.57 Å². The summed E-state index contributed by atoms with van der Waals surface area (Å²) in [5, 5.41) is 0. The van der Waals surface area contributed by atoms with Gasteiger partial charge < -0.3 is 9.47 Å². The lowest BCUT2D eigenvalue weighted by Crippen LogP contribution is -2.41. The smallest absolute Gasteiger partial charge is 0.324 e. The van der Waals surface area contributed by atoms with E-state index >= 15 is 0 Å². The molecule has 0 aromatic heterocycles. The van der Waals surface area contributed by atoms with Gasteiger partial charge in [-0.1, -0.05) is 79.2 Å². The van der Waals surface area contributed by atoms with E-state index in [0.717, 1.165) is 30.4 Å². The van der Waals surface area contributed by atoms with Crippen LogP contribution in [0.4, 0.5) is 0 Å². The normalized spacial score (nSPS) is 27.5. The summed E-state index contributed by atoms with van der Waals surface area (Å²) >= 11 is 0. The Hall–Kier alpha value is -2.88. The maximum Gasteiger partial charge on any atom is 0.324 e. The van der Waals surface area contributed by atoms with E-state index in [0.29, 0.717) is 12.8 Å².